The summed E-state index contributed by atoms with van der Waals surface area (Å²) in [6.07, 6.45) is 1.42. The molecule has 0 saturated carbocycles. The highest BCUT2D eigenvalue weighted by molar-refractivity contribution is 5.78. The van der Waals surface area contributed by atoms with Crippen LogP contribution in [-0.4, -0.2) is 11.7 Å². The van der Waals surface area contributed by atoms with Crippen molar-refractivity contribution in [2.24, 2.45) is 0 Å². The molecule has 0 saturated heterocycles. The van der Waals surface area contributed by atoms with E-state index in [0.717, 1.165) is 11.4 Å². The summed E-state index contributed by atoms with van der Waals surface area (Å²) in [6, 6.07) is 12.0. The third-order valence-electron chi connectivity index (χ3n) is 3.48. The monoisotopic (exact) mass is 311 g/mol. The molecule has 0 fully saturated rings. The van der Waals surface area contributed by atoms with Crippen LogP contribution >= 0.6 is 0 Å². The minimum atomic E-state index is -0.107. The lowest BCUT2D eigenvalue weighted by Crippen LogP contribution is -2.12. The van der Waals surface area contributed by atoms with E-state index in [1.54, 1.807) is 6.07 Å². The average Bonchev–Trinajstić information content (AvgIpc) is 2.56. The Bertz CT molecular complexity index is 868. The molecular formula is C18H17NO4. The second-order valence-corrected chi connectivity index (χ2v) is 5.08. The number of ether oxygens (including phenoxy) is 1. The van der Waals surface area contributed by atoms with Crippen molar-refractivity contribution in [1.29, 1.82) is 0 Å². The van der Waals surface area contributed by atoms with Gasteiger partial charge in [0.05, 0.1) is 23.8 Å². The highest BCUT2D eigenvalue weighted by Gasteiger charge is 2.07. The molecule has 5 heteroatoms. The Morgan fingerprint density at radius 1 is 1.17 bits per heavy atom. The maximum atomic E-state index is 12.4. The SMILES string of the molecule is CCOc1ccc(NCc2coc3cc(O)ccc3c2=O)cc1. The van der Waals surface area contributed by atoms with Crippen LogP contribution in [0.2, 0.25) is 0 Å². The van der Waals surface area contributed by atoms with Crippen LogP contribution in [0.5, 0.6) is 11.5 Å². The summed E-state index contributed by atoms with van der Waals surface area (Å²) in [7, 11) is 0. The molecule has 0 bridgehead atoms. The Labute approximate surface area is 133 Å². The van der Waals surface area contributed by atoms with Crippen molar-refractivity contribution >= 4 is 16.7 Å². The zero-order chi connectivity index (χ0) is 16.2. The zero-order valence-electron chi connectivity index (χ0n) is 12.7. The summed E-state index contributed by atoms with van der Waals surface area (Å²) < 4.78 is 10.8. The smallest absolute Gasteiger partial charge is 0.197 e. The fourth-order valence-corrected chi connectivity index (χ4v) is 2.31. The molecular weight excluding hydrogens is 294 g/mol. The number of aromatic hydroxyl groups is 1. The molecule has 23 heavy (non-hydrogen) atoms. The standard InChI is InChI=1S/C18H17NO4/c1-2-22-15-6-3-13(4-7-15)19-10-12-11-23-17-9-14(20)5-8-16(17)18(12)21/h3-9,11,19-20H,2,10H2,1H3. The summed E-state index contributed by atoms with van der Waals surface area (Å²) >= 11 is 0. The van der Waals surface area contributed by atoms with E-state index >= 15 is 0 Å². The molecule has 2 N–H and O–H groups in total. The number of fused-ring (bicyclic) bond motifs is 1. The third kappa shape index (κ3) is 3.29. The molecule has 5 nitrogen and oxygen atoms in total. The van der Waals surface area contributed by atoms with Gasteiger partial charge in [0.25, 0.3) is 0 Å². The zero-order valence-corrected chi connectivity index (χ0v) is 12.7. The van der Waals surface area contributed by atoms with Crippen LogP contribution in [-0.2, 0) is 6.54 Å². The Kier molecular flexibility index (Phi) is 4.19. The first-order chi connectivity index (χ1) is 11.2. The molecule has 3 rings (SSSR count). The summed E-state index contributed by atoms with van der Waals surface area (Å²) in [6.45, 7) is 2.92. The lowest BCUT2D eigenvalue weighted by atomic mass is 10.1. The van der Waals surface area contributed by atoms with Gasteiger partial charge in [0, 0.05) is 18.3 Å². The van der Waals surface area contributed by atoms with Crippen LogP contribution in [0, 0.1) is 0 Å². The molecule has 3 aromatic rings. The third-order valence-corrected chi connectivity index (χ3v) is 3.48. The van der Waals surface area contributed by atoms with E-state index in [0.29, 0.717) is 29.7 Å². The molecule has 1 aromatic heterocycles. The van der Waals surface area contributed by atoms with Gasteiger partial charge in [-0.1, -0.05) is 0 Å². The summed E-state index contributed by atoms with van der Waals surface area (Å²) in [4.78, 5) is 12.4. The average molecular weight is 311 g/mol. The van der Waals surface area contributed by atoms with Crippen molar-refractivity contribution in [1.82, 2.24) is 0 Å². The lowest BCUT2D eigenvalue weighted by molar-refractivity contribution is 0.340. The predicted octanol–water partition coefficient (Wildman–Crippen LogP) is 3.51. The van der Waals surface area contributed by atoms with Crippen LogP contribution in [0.1, 0.15) is 12.5 Å². The fraction of sp³-hybridized carbons (Fsp3) is 0.167. The fourth-order valence-electron chi connectivity index (χ4n) is 2.31. The van der Waals surface area contributed by atoms with Gasteiger partial charge in [0.15, 0.2) is 5.43 Å². The molecule has 0 unspecified atom stereocenters. The summed E-state index contributed by atoms with van der Waals surface area (Å²) in [5.41, 5.74) is 1.68. The lowest BCUT2D eigenvalue weighted by Gasteiger charge is -2.08. The van der Waals surface area contributed by atoms with Gasteiger partial charge in [0.1, 0.15) is 17.1 Å². The highest BCUT2D eigenvalue weighted by atomic mass is 16.5. The molecule has 0 aliphatic carbocycles. The second-order valence-electron chi connectivity index (χ2n) is 5.08. The van der Waals surface area contributed by atoms with Crippen molar-refractivity contribution in [3.05, 3.63) is 64.5 Å². The van der Waals surface area contributed by atoms with Crippen LogP contribution in [0.15, 0.2) is 57.9 Å². The summed E-state index contributed by atoms with van der Waals surface area (Å²) in [5, 5.41) is 13.1. The first kappa shape index (κ1) is 15.0. The van der Waals surface area contributed by atoms with Gasteiger partial charge in [-0.2, -0.15) is 0 Å². The van der Waals surface area contributed by atoms with E-state index < -0.39 is 0 Å². The van der Waals surface area contributed by atoms with Crippen LogP contribution in [0.4, 0.5) is 5.69 Å². The largest absolute Gasteiger partial charge is 0.508 e. The first-order valence-electron chi connectivity index (χ1n) is 7.37. The second kappa shape index (κ2) is 6.44. The minimum absolute atomic E-state index is 0.0703. The Balaban J connectivity index is 1.78. The Morgan fingerprint density at radius 2 is 1.96 bits per heavy atom. The molecule has 0 aliphatic rings. The number of benzene rings is 2. The van der Waals surface area contributed by atoms with Gasteiger partial charge >= 0.3 is 0 Å². The van der Waals surface area contributed by atoms with E-state index in [1.807, 2.05) is 31.2 Å². The van der Waals surface area contributed by atoms with Gasteiger partial charge in [-0.15, -0.1) is 0 Å². The first-order valence-corrected chi connectivity index (χ1v) is 7.37. The van der Waals surface area contributed by atoms with E-state index in [1.165, 1.54) is 18.4 Å². The molecule has 0 atom stereocenters. The molecule has 0 amide bonds. The van der Waals surface area contributed by atoms with Gasteiger partial charge in [-0.3, -0.25) is 4.79 Å². The maximum Gasteiger partial charge on any atom is 0.197 e. The van der Waals surface area contributed by atoms with Gasteiger partial charge in [0.2, 0.25) is 0 Å². The number of rotatable bonds is 5. The normalized spacial score (nSPS) is 10.7. The molecule has 1 heterocycles. The van der Waals surface area contributed by atoms with Gasteiger partial charge in [-0.05, 0) is 43.3 Å². The van der Waals surface area contributed by atoms with E-state index in [2.05, 4.69) is 5.32 Å². The van der Waals surface area contributed by atoms with Gasteiger partial charge < -0.3 is 19.6 Å². The van der Waals surface area contributed by atoms with Crippen molar-refractivity contribution in [2.75, 3.05) is 11.9 Å². The molecule has 2 aromatic carbocycles. The Hall–Kier alpha value is -2.95. The van der Waals surface area contributed by atoms with E-state index in [9.17, 15) is 9.90 Å². The quantitative estimate of drug-likeness (QED) is 0.754. The molecule has 0 spiro atoms. The van der Waals surface area contributed by atoms with Crippen molar-refractivity contribution in [3.63, 3.8) is 0 Å². The topological polar surface area (TPSA) is 71.7 Å². The number of phenolic OH excluding ortho intramolecular Hbond substituents is 1. The Morgan fingerprint density at radius 3 is 2.70 bits per heavy atom. The van der Waals surface area contributed by atoms with Crippen molar-refractivity contribution < 1.29 is 14.3 Å². The molecule has 0 radical (unpaired) electrons. The number of hydrogen-bond donors (Lipinski definition) is 2. The predicted molar refractivity (Wildman–Crippen MR) is 89.1 cm³/mol. The van der Waals surface area contributed by atoms with Crippen molar-refractivity contribution in [3.8, 4) is 11.5 Å². The van der Waals surface area contributed by atoms with E-state index in [4.69, 9.17) is 9.15 Å². The molecule has 0 aliphatic heterocycles. The van der Waals surface area contributed by atoms with Crippen LogP contribution < -0.4 is 15.5 Å². The van der Waals surface area contributed by atoms with Crippen LogP contribution in [0.3, 0.4) is 0 Å². The van der Waals surface area contributed by atoms with E-state index in [-0.39, 0.29) is 11.2 Å². The van der Waals surface area contributed by atoms with Crippen molar-refractivity contribution in [2.45, 2.75) is 13.5 Å². The minimum Gasteiger partial charge on any atom is -0.508 e. The van der Waals surface area contributed by atoms with Gasteiger partial charge in [-0.25, -0.2) is 0 Å². The summed E-state index contributed by atoms with van der Waals surface area (Å²) in [5.74, 6) is 0.879. The van der Waals surface area contributed by atoms with Crippen LogP contribution in [0.25, 0.3) is 11.0 Å². The number of phenols is 1. The maximum absolute atomic E-state index is 12.4. The number of nitrogens with one attached hydrogen (secondary N) is 1. The molecule has 118 valence electrons. The number of anilines is 1. The highest BCUT2D eigenvalue weighted by Crippen LogP contribution is 2.19. The number of hydrogen-bond acceptors (Lipinski definition) is 5.